The Morgan fingerprint density at radius 1 is 0.718 bits per heavy atom. The fraction of sp³-hybridized carbons (Fsp3) is 0.182. The minimum Gasteiger partial charge on any atom is -0.481 e. The molecule has 39 heavy (non-hydrogen) atoms. The minimum absolute atomic E-state index is 0.00318. The monoisotopic (exact) mass is 517 g/mol. The maximum atomic E-state index is 13.7. The van der Waals surface area contributed by atoms with Crippen molar-refractivity contribution in [2.24, 2.45) is 11.8 Å². The van der Waals surface area contributed by atoms with Crippen molar-refractivity contribution in [1.29, 1.82) is 0 Å². The van der Waals surface area contributed by atoms with E-state index in [0.29, 0.717) is 18.6 Å². The number of anilines is 1. The SMILES string of the molecule is O=C1CCc2ccc(-c3cccc(OC(=O)C4C(c5ccccc5)[C@H](C(=O)O)[C@H]4c4ccccc4)c3)cc2N1. The van der Waals surface area contributed by atoms with E-state index < -0.39 is 35.6 Å². The number of hydrogen-bond acceptors (Lipinski definition) is 4. The maximum Gasteiger partial charge on any atom is 0.315 e. The van der Waals surface area contributed by atoms with E-state index in [2.05, 4.69) is 5.32 Å². The summed E-state index contributed by atoms with van der Waals surface area (Å²) < 4.78 is 5.94. The number of ether oxygens (including phenoxy) is 1. The van der Waals surface area contributed by atoms with E-state index in [1.54, 1.807) is 12.1 Å². The molecule has 4 aromatic carbocycles. The van der Waals surface area contributed by atoms with E-state index in [9.17, 15) is 19.5 Å². The molecule has 1 fully saturated rings. The van der Waals surface area contributed by atoms with Crippen molar-refractivity contribution in [1.82, 2.24) is 0 Å². The number of rotatable bonds is 6. The van der Waals surface area contributed by atoms with Crippen LogP contribution in [0.25, 0.3) is 11.1 Å². The zero-order valence-corrected chi connectivity index (χ0v) is 21.1. The lowest BCUT2D eigenvalue weighted by molar-refractivity contribution is -0.158. The first-order chi connectivity index (χ1) is 19.0. The van der Waals surface area contributed by atoms with Crippen LogP contribution in [0.3, 0.4) is 0 Å². The van der Waals surface area contributed by atoms with E-state index >= 15 is 0 Å². The standard InChI is InChI=1S/C33H27NO5/c35-27-17-16-20-14-15-24(19-26(20)34-27)23-12-7-13-25(18-23)39-33(38)31-28(21-8-3-1-4-9-21)30(32(36)37)29(31)22-10-5-2-6-11-22/h1-15,18-19,28-31H,16-17H2,(H,34,35)(H,36,37)/t28-,29?,30-,31?/m1/s1. The van der Waals surface area contributed by atoms with E-state index in [-0.39, 0.29) is 5.91 Å². The third-order valence-corrected chi connectivity index (χ3v) is 7.87. The highest BCUT2D eigenvalue weighted by Crippen LogP contribution is 2.58. The Kier molecular flexibility index (Phi) is 6.45. The van der Waals surface area contributed by atoms with E-state index in [0.717, 1.165) is 33.5 Å². The van der Waals surface area contributed by atoms with Crippen molar-refractivity contribution in [3.8, 4) is 16.9 Å². The van der Waals surface area contributed by atoms with Crippen LogP contribution in [0, 0.1) is 11.8 Å². The average Bonchev–Trinajstić information content (AvgIpc) is 2.93. The molecular weight excluding hydrogens is 490 g/mol. The molecule has 6 heteroatoms. The zero-order valence-electron chi connectivity index (χ0n) is 21.1. The van der Waals surface area contributed by atoms with Crippen LogP contribution < -0.4 is 10.1 Å². The molecular formula is C33H27NO5. The van der Waals surface area contributed by atoms with Crippen LogP contribution >= 0.6 is 0 Å². The number of esters is 1. The average molecular weight is 518 g/mol. The molecule has 2 unspecified atom stereocenters. The van der Waals surface area contributed by atoms with Gasteiger partial charge in [-0.25, -0.2) is 0 Å². The Morgan fingerprint density at radius 3 is 2.00 bits per heavy atom. The number of fused-ring (bicyclic) bond motifs is 1. The van der Waals surface area contributed by atoms with Crippen molar-refractivity contribution >= 4 is 23.5 Å². The lowest BCUT2D eigenvalue weighted by Gasteiger charge is -2.48. The number of hydrogen-bond donors (Lipinski definition) is 2. The van der Waals surface area contributed by atoms with Gasteiger partial charge in [0.25, 0.3) is 0 Å². The number of carboxylic acid groups (broad SMARTS) is 1. The van der Waals surface area contributed by atoms with E-state index in [1.165, 1.54) is 0 Å². The molecule has 0 radical (unpaired) electrons. The van der Waals surface area contributed by atoms with Gasteiger partial charge in [-0.1, -0.05) is 84.9 Å². The molecule has 1 saturated carbocycles. The van der Waals surface area contributed by atoms with Gasteiger partial charge in [-0.2, -0.15) is 0 Å². The number of aliphatic carboxylic acids is 1. The topological polar surface area (TPSA) is 92.7 Å². The Morgan fingerprint density at radius 2 is 1.36 bits per heavy atom. The zero-order chi connectivity index (χ0) is 26.9. The first-order valence-corrected chi connectivity index (χ1v) is 13.1. The second kappa shape index (κ2) is 10.2. The van der Waals surface area contributed by atoms with Crippen molar-refractivity contribution < 1.29 is 24.2 Å². The van der Waals surface area contributed by atoms with Crippen molar-refractivity contribution in [2.75, 3.05) is 5.32 Å². The highest BCUT2D eigenvalue weighted by molar-refractivity contribution is 5.95. The Bertz CT molecular complexity index is 1500. The second-order valence-electron chi connectivity index (χ2n) is 10.1. The van der Waals surface area contributed by atoms with Gasteiger partial charge in [-0.05, 0) is 52.4 Å². The molecule has 6 nitrogen and oxygen atoms in total. The molecule has 1 aliphatic carbocycles. The van der Waals surface area contributed by atoms with Crippen molar-refractivity contribution in [3.05, 3.63) is 120 Å². The van der Waals surface area contributed by atoms with Gasteiger partial charge in [-0.3, -0.25) is 14.4 Å². The molecule has 2 N–H and O–H groups in total. The van der Waals surface area contributed by atoms with Gasteiger partial charge in [0, 0.05) is 23.9 Å². The number of aryl methyl sites for hydroxylation is 1. The quantitative estimate of drug-likeness (QED) is 0.240. The molecule has 4 atom stereocenters. The maximum absolute atomic E-state index is 13.7. The molecule has 2 aliphatic rings. The normalized spacial score (nSPS) is 21.7. The minimum atomic E-state index is -0.928. The fourth-order valence-electron chi connectivity index (χ4n) is 6.00. The highest BCUT2D eigenvalue weighted by atomic mass is 16.5. The van der Waals surface area contributed by atoms with Gasteiger partial charge in [0.1, 0.15) is 5.75 Å². The molecule has 6 rings (SSSR count). The second-order valence-corrected chi connectivity index (χ2v) is 10.1. The van der Waals surface area contributed by atoms with Gasteiger partial charge < -0.3 is 15.2 Å². The van der Waals surface area contributed by atoms with Gasteiger partial charge in [-0.15, -0.1) is 0 Å². The van der Waals surface area contributed by atoms with Gasteiger partial charge in [0.15, 0.2) is 0 Å². The molecule has 1 amide bonds. The van der Waals surface area contributed by atoms with Crippen molar-refractivity contribution in [3.63, 3.8) is 0 Å². The summed E-state index contributed by atoms with van der Waals surface area (Å²) in [6, 6.07) is 31.9. The third kappa shape index (κ3) is 4.70. The summed E-state index contributed by atoms with van der Waals surface area (Å²) in [6.45, 7) is 0. The van der Waals surface area contributed by atoms with Crippen LogP contribution in [0.1, 0.15) is 34.9 Å². The van der Waals surface area contributed by atoms with E-state index in [1.807, 2.05) is 91.0 Å². The third-order valence-electron chi connectivity index (χ3n) is 7.87. The molecule has 0 saturated heterocycles. The van der Waals surface area contributed by atoms with Gasteiger partial charge in [0.05, 0.1) is 11.8 Å². The fourth-order valence-corrected chi connectivity index (χ4v) is 6.00. The number of amides is 1. The van der Waals surface area contributed by atoms with Crippen LogP contribution in [0.5, 0.6) is 5.75 Å². The molecule has 0 bridgehead atoms. The van der Waals surface area contributed by atoms with Gasteiger partial charge in [0.2, 0.25) is 5.91 Å². The summed E-state index contributed by atoms with van der Waals surface area (Å²) >= 11 is 0. The molecule has 1 aliphatic heterocycles. The Hall–Kier alpha value is -4.71. The van der Waals surface area contributed by atoms with Gasteiger partial charge >= 0.3 is 11.9 Å². The van der Waals surface area contributed by atoms with Crippen molar-refractivity contribution in [2.45, 2.75) is 24.7 Å². The molecule has 194 valence electrons. The van der Waals surface area contributed by atoms with Crippen LogP contribution in [0.15, 0.2) is 103 Å². The molecule has 0 aromatic heterocycles. The first kappa shape index (κ1) is 24.6. The summed E-state index contributed by atoms with van der Waals surface area (Å²) in [7, 11) is 0. The number of benzene rings is 4. The predicted molar refractivity (Wildman–Crippen MR) is 147 cm³/mol. The molecule has 1 heterocycles. The summed E-state index contributed by atoms with van der Waals surface area (Å²) in [4.78, 5) is 38.0. The number of nitrogens with one attached hydrogen (secondary N) is 1. The van der Waals surface area contributed by atoms with Crippen LogP contribution in [-0.4, -0.2) is 23.0 Å². The van der Waals surface area contributed by atoms with E-state index in [4.69, 9.17) is 4.74 Å². The predicted octanol–water partition coefficient (Wildman–Crippen LogP) is 6.04. The Labute approximate surface area is 226 Å². The highest BCUT2D eigenvalue weighted by Gasteiger charge is 2.59. The lowest BCUT2D eigenvalue weighted by Crippen LogP contribution is -2.52. The number of carbonyl (C=O) groups excluding carboxylic acids is 2. The summed E-state index contributed by atoms with van der Waals surface area (Å²) in [5.74, 6) is -3.40. The summed E-state index contributed by atoms with van der Waals surface area (Å²) in [5.41, 5.74) is 5.26. The number of carboxylic acids is 1. The first-order valence-electron chi connectivity index (χ1n) is 13.1. The molecule has 0 spiro atoms. The van der Waals surface area contributed by atoms with Crippen LogP contribution in [-0.2, 0) is 20.8 Å². The molecule has 4 aromatic rings. The lowest BCUT2D eigenvalue weighted by atomic mass is 9.52. The smallest absolute Gasteiger partial charge is 0.315 e. The van der Waals surface area contributed by atoms with Crippen LogP contribution in [0.4, 0.5) is 5.69 Å². The Balaban J connectivity index is 1.31. The summed E-state index contributed by atoms with van der Waals surface area (Å²) in [6.07, 6.45) is 1.19. The largest absolute Gasteiger partial charge is 0.481 e. The number of carbonyl (C=O) groups is 3. The van der Waals surface area contributed by atoms with Crippen LogP contribution in [0.2, 0.25) is 0 Å². The summed E-state index contributed by atoms with van der Waals surface area (Å²) in [5, 5.41) is 13.1.